The standard InChI is InChI=1S/C18H19NO4S/c1-11-5-6-15-12(7-11)8-16(24-15)18(22)19-13-3-2-4-14(9-13)23-10-17(20)21/h2-4,8-9,11H,5-7,10H2,1H3,(H,19,22)(H,20,21). The molecule has 0 aliphatic heterocycles. The number of carboxylic acid groups (broad SMARTS) is 1. The topological polar surface area (TPSA) is 75.6 Å². The third-order valence-corrected chi connectivity index (χ3v) is 5.24. The van der Waals surface area contributed by atoms with Crippen LogP contribution in [0.3, 0.4) is 0 Å². The summed E-state index contributed by atoms with van der Waals surface area (Å²) in [6, 6.07) is 8.74. The van der Waals surface area contributed by atoms with Crippen LogP contribution >= 0.6 is 11.3 Å². The number of aryl methyl sites for hydroxylation is 1. The van der Waals surface area contributed by atoms with Crippen molar-refractivity contribution < 1.29 is 19.4 Å². The number of carboxylic acids is 1. The summed E-state index contributed by atoms with van der Waals surface area (Å²) in [6.07, 6.45) is 3.27. The van der Waals surface area contributed by atoms with E-state index >= 15 is 0 Å². The molecule has 126 valence electrons. The summed E-state index contributed by atoms with van der Waals surface area (Å²) in [5.74, 6) is -0.0964. The van der Waals surface area contributed by atoms with Gasteiger partial charge in [-0.15, -0.1) is 11.3 Å². The Morgan fingerprint density at radius 1 is 1.38 bits per heavy atom. The first kappa shape index (κ1) is 16.5. The molecule has 0 radical (unpaired) electrons. The molecule has 0 fully saturated rings. The minimum absolute atomic E-state index is 0.141. The van der Waals surface area contributed by atoms with E-state index in [9.17, 15) is 9.59 Å². The number of ether oxygens (including phenoxy) is 1. The van der Waals surface area contributed by atoms with Crippen molar-refractivity contribution >= 4 is 28.9 Å². The number of amides is 1. The summed E-state index contributed by atoms with van der Waals surface area (Å²) >= 11 is 1.56. The van der Waals surface area contributed by atoms with E-state index in [1.165, 1.54) is 16.9 Å². The number of anilines is 1. The van der Waals surface area contributed by atoms with Gasteiger partial charge in [-0.2, -0.15) is 0 Å². The van der Waals surface area contributed by atoms with Crippen LogP contribution in [0.15, 0.2) is 30.3 Å². The molecule has 1 aliphatic rings. The number of carbonyl (C=O) groups excluding carboxylic acids is 1. The van der Waals surface area contributed by atoms with Crippen LogP contribution in [0.4, 0.5) is 5.69 Å². The van der Waals surface area contributed by atoms with Crippen molar-refractivity contribution in [1.29, 1.82) is 0 Å². The summed E-state index contributed by atoms with van der Waals surface area (Å²) < 4.78 is 5.13. The van der Waals surface area contributed by atoms with Crippen LogP contribution in [0.2, 0.25) is 0 Å². The minimum atomic E-state index is -1.04. The SMILES string of the molecule is CC1CCc2sc(C(=O)Nc3cccc(OCC(=O)O)c3)cc2C1. The fourth-order valence-corrected chi connectivity index (χ4v) is 3.92. The number of rotatable bonds is 5. The summed E-state index contributed by atoms with van der Waals surface area (Å²) in [5.41, 5.74) is 1.88. The lowest BCUT2D eigenvalue weighted by Gasteiger charge is -2.16. The lowest BCUT2D eigenvalue weighted by atomic mass is 9.90. The number of hydrogen-bond donors (Lipinski definition) is 2. The van der Waals surface area contributed by atoms with E-state index in [1.54, 1.807) is 35.6 Å². The van der Waals surface area contributed by atoms with Crippen molar-refractivity contribution in [1.82, 2.24) is 0 Å². The second-order valence-corrected chi connectivity index (χ2v) is 7.21. The molecule has 0 saturated heterocycles. The van der Waals surface area contributed by atoms with Gasteiger partial charge in [0.15, 0.2) is 6.61 Å². The molecule has 1 unspecified atom stereocenters. The van der Waals surface area contributed by atoms with Gasteiger partial charge in [0, 0.05) is 16.6 Å². The molecule has 1 atom stereocenters. The third kappa shape index (κ3) is 3.94. The van der Waals surface area contributed by atoms with Crippen LogP contribution in [0.5, 0.6) is 5.75 Å². The maximum absolute atomic E-state index is 12.5. The van der Waals surface area contributed by atoms with Gasteiger partial charge in [0.1, 0.15) is 5.75 Å². The predicted molar refractivity (Wildman–Crippen MR) is 93.0 cm³/mol. The number of carbonyl (C=O) groups is 2. The number of thiophene rings is 1. The normalized spacial score (nSPS) is 16.3. The van der Waals surface area contributed by atoms with Crippen LogP contribution in [-0.2, 0) is 17.6 Å². The zero-order valence-corrected chi connectivity index (χ0v) is 14.2. The van der Waals surface area contributed by atoms with Crippen LogP contribution in [-0.4, -0.2) is 23.6 Å². The van der Waals surface area contributed by atoms with Crippen molar-refractivity contribution in [3.63, 3.8) is 0 Å². The molecule has 2 N–H and O–H groups in total. The largest absolute Gasteiger partial charge is 0.482 e. The predicted octanol–water partition coefficient (Wildman–Crippen LogP) is 3.59. The van der Waals surface area contributed by atoms with E-state index in [0.717, 1.165) is 12.8 Å². The van der Waals surface area contributed by atoms with Crippen LogP contribution < -0.4 is 10.1 Å². The summed E-state index contributed by atoms with van der Waals surface area (Å²) in [5, 5.41) is 11.5. The third-order valence-electron chi connectivity index (χ3n) is 4.01. The van der Waals surface area contributed by atoms with Gasteiger partial charge in [-0.05, 0) is 48.9 Å². The molecule has 2 aromatic rings. The Morgan fingerprint density at radius 3 is 3.00 bits per heavy atom. The Bertz CT molecular complexity index is 768. The summed E-state index contributed by atoms with van der Waals surface area (Å²) in [6.45, 7) is 1.83. The second kappa shape index (κ2) is 7.05. The maximum Gasteiger partial charge on any atom is 0.341 e. The van der Waals surface area contributed by atoms with E-state index in [-0.39, 0.29) is 5.91 Å². The first-order valence-corrected chi connectivity index (χ1v) is 8.70. The molecule has 24 heavy (non-hydrogen) atoms. The number of fused-ring (bicyclic) bond motifs is 1. The first-order chi connectivity index (χ1) is 11.5. The highest BCUT2D eigenvalue weighted by molar-refractivity contribution is 7.14. The lowest BCUT2D eigenvalue weighted by molar-refractivity contribution is -0.139. The zero-order chi connectivity index (χ0) is 17.1. The number of nitrogens with one attached hydrogen (secondary N) is 1. The highest BCUT2D eigenvalue weighted by Gasteiger charge is 2.20. The summed E-state index contributed by atoms with van der Waals surface area (Å²) in [7, 11) is 0. The Labute approximate surface area is 144 Å². The highest BCUT2D eigenvalue weighted by Crippen LogP contribution is 2.32. The molecule has 6 heteroatoms. The monoisotopic (exact) mass is 345 g/mol. The molecule has 0 bridgehead atoms. The number of hydrogen-bond acceptors (Lipinski definition) is 4. The smallest absolute Gasteiger partial charge is 0.341 e. The van der Waals surface area contributed by atoms with Gasteiger partial charge in [0.2, 0.25) is 0 Å². The fraction of sp³-hybridized carbons (Fsp3) is 0.333. The molecule has 0 saturated carbocycles. The quantitative estimate of drug-likeness (QED) is 0.868. The second-order valence-electron chi connectivity index (χ2n) is 6.07. The average Bonchev–Trinajstić information content (AvgIpc) is 2.96. The molecule has 1 aromatic carbocycles. The first-order valence-electron chi connectivity index (χ1n) is 7.89. The summed E-state index contributed by atoms with van der Waals surface area (Å²) in [4.78, 5) is 25.0. The highest BCUT2D eigenvalue weighted by atomic mass is 32.1. The van der Waals surface area contributed by atoms with Crippen molar-refractivity contribution in [2.75, 3.05) is 11.9 Å². The number of benzene rings is 1. The molecular formula is C18H19NO4S. The van der Waals surface area contributed by atoms with E-state index in [4.69, 9.17) is 9.84 Å². The molecule has 1 aliphatic carbocycles. The Balaban J connectivity index is 1.69. The molecule has 0 spiro atoms. The molecule has 1 aromatic heterocycles. The minimum Gasteiger partial charge on any atom is -0.482 e. The van der Waals surface area contributed by atoms with Crippen molar-refractivity contribution in [2.24, 2.45) is 5.92 Å². The van der Waals surface area contributed by atoms with Crippen molar-refractivity contribution in [3.8, 4) is 5.75 Å². The van der Waals surface area contributed by atoms with E-state index in [0.29, 0.717) is 22.2 Å². The van der Waals surface area contributed by atoms with Gasteiger partial charge < -0.3 is 15.2 Å². The maximum atomic E-state index is 12.5. The molecule has 1 heterocycles. The van der Waals surface area contributed by atoms with Gasteiger partial charge >= 0.3 is 5.97 Å². The van der Waals surface area contributed by atoms with Crippen LogP contribution in [0.1, 0.15) is 33.5 Å². The lowest BCUT2D eigenvalue weighted by Crippen LogP contribution is -2.11. The Morgan fingerprint density at radius 2 is 2.21 bits per heavy atom. The molecule has 1 amide bonds. The van der Waals surface area contributed by atoms with E-state index in [2.05, 4.69) is 12.2 Å². The van der Waals surface area contributed by atoms with Crippen LogP contribution in [0, 0.1) is 5.92 Å². The van der Waals surface area contributed by atoms with Gasteiger partial charge in [-0.1, -0.05) is 13.0 Å². The van der Waals surface area contributed by atoms with Gasteiger partial charge in [0.25, 0.3) is 5.91 Å². The van der Waals surface area contributed by atoms with Crippen molar-refractivity contribution in [3.05, 3.63) is 45.6 Å². The van der Waals surface area contributed by atoms with E-state index < -0.39 is 12.6 Å². The number of aliphatic carboxylic acids is 1. The van der Waals surface area contributed by atoms with E-state index in [1.807, 2.05) is 6.07 Å². The van der Waals surface area contributed by atoms with Gasteiger partial charge in [-0.25, -0.2) is 4.79 Å². The molecule has 5 nitrogen and oxygen atoms in total. The molecule has 3 rings (SSSR count). The van der Waals surface area contributed by atoms with Crippen LogP contribution in [0.25, 0.3) is 0 Å². The zero-order valence-electron chi connectivity index (χ0n) is 13.4. The van der Waals surface area contributed by atoms with Gasteiger partial charge in [0.05, 0.1) is 4.88 Å². The Kier molecular flexibility index (Phi) is 4.85. The Hall–Kier alpha value is -2.34. The van der Waals surface area contributed by atoms with Crippen molar-refractivity contribution in [2.45, 2.75) is 26.2 Å². The molecular weight excluding hydrogens is 326 g/mol. The van der Waals surface area contributed by atoms with Gasteiger partial charge in [-0.3, -0.25) is 4.79 Å². The fourth-order valence-electron chi connectivity index (χ4n) is 2.82. The average molecular weight is 345 g/mol.